The van der Waals surface area contributed by atoms with Crippen molar-refractivity contribution in [2.45, 2.75) is 6.18 Å². The second kappa shape index (κ2) is 9.32. The van der Waals surface area contributed by atoms with Gasteiger partial charge in [0.25, 0.3) is 11.6 Å². The molecule has 2 aromatic rings. The molecule has 1 aromatic carbocycles. The van der Waals surface area contributed by atoms with Crippen LogP contribution >= 0.6 is 11.6 Å². The van der Waals surface area contributed by atoms with E-state index in [0.717, 1.165) is 18.2 Å². The van der Waals surface area contributed by atoms with Crippen molar-refractivity contribution in [2.24, 2.45) is 0 Å². The minimum atomic E-state index is -4.60. The molecule has 154 valence electrons. The normalized spacial score (nSPS) is 11.5. The van der Waals surface area contributed by atoms with E-state index in [0.29, 0.717) is 12.1 Å². The largest absolute Gasteiger partial charge is 0.473 e. The molecule has 0 radical (unpaired) electrons. The number of nitro benzene ring substituents is 1. The summed E-state index contributed by atoms with van der Waals surface area (Å²) in [5.41, 5.74) is -1.94. The number of nitrogens with zero attached hydrogens (tertiary/aromatic N) is 2. The van der Waals surface area contributed by atoms with E-state index in [1.807, 2.05) is 0 Å². The van der Waals surface area contributed by atoms with Gasteiger partial charge in [-0.3, -0.25) is 14.9 Å². The number of hydrogen-bond acceptors (Lipinski definition) is 5. The Balaban J connectivity index is 1.88. The van der Waals surface area contributed by atoms with E-state index in [4.69, 9.17) is 16.3 Å². The number of carbonyl (C=O) groups excluding carboxylic acids is 1. The lowest BCUT2D eigenvalue weighted by Gasteiger charge is -2.09. The fourth-order valence-corrected chi connectivity index (χ4v) is 2.24. The van der Waals surface area contributed by atoms with Crippen LogP contribution in [0.2, 0.25) is 5.15 Å². The molecule has 1 N–H and O–H groups in total. The average molecular weight is 434 g/mol. The fourth-order valence-electron chi connectivity index (χ4n) is 2.04. The highest BCUT2D eigenvalue weighted by molar-refractivity contribution is 6.29. The van der Waals surface area contributed by atoms with Crippen molar-refractivity contribution < 1.29 is 32.0 Å². The summed E-state index contributed by atoms with van der Waals surface area (Å²) in [4.78, 5) is 25.4. The Morgan fingerprint density at radius 2 is 2.00 bits per heavy atom. The van der Waals surface area contributed by atoms with Gasteiger partial charge in [-0.15, -0.1) is 0 Å². The van der Waals surface area contributed by atoms with Crippen molar-refractivity contribution in [3.8, 4) is 5.88 Å². The lowest BCUT2D eigenvalue weighted by molar-refractivity contribution is -0.384. The second-order valence-corrected chi connectivity index (χ2v) is 5.82. The number of nitro groups is 1. The Morgan fingerprint density at radius 3 is 2.66 bits per heavy atom. The molecule has 0 fully saturated rings. The van der Waals surface area contributed by atoms with Gasteiger partial charge in [-0.05, 0) is 18.2 Å². The molecule has 0 unspecified atom stereocenters. The van der Waals surface area contributed by atoms with Crippen molar-refractivity contribution in [3.63, 3.8) is 0 Å². The van der Waals surface area contributed by atoms with Gasteiger partial charge in [-0.25, -0.2) is 9.37 Å². The fraction of sp³-hybridized carbons (Fsp3) is 0.176. The van der Waals surface area contributed by atoms with Crippen molar-refractivity contribution >= 4 is 23.2 Å². The van der Waals surface area contributed by atoms with E-state index in [1.54, 1.807) is 0 Å². The van der Waals surface area contributed by atoms with Gasteiger partial charge in [-0.1, -0.05) is 17.7 Å². The Kier molecular flexibility index (Phi) is 7.10. The van der Waals surface area contributed by atoms with Gasteiger partial charge in [0.05, 0.1) is 16.1 Å². The number of non-ortho nitro benzene ring substituents is 1. The molecule has 1 heterocycles. The van der Waals surface area contributed by atoms with Crippen LogP contribution in [0.5, 0.6) is 5.88 Å². The van der Waals surface area contributed by atoms with Crippen molar-refractivity contribution in [3.05, 3.63) is 74.7 Å². The minimum absolute atomic E-state index is 0.0822. The Bertz CT molecular complexity index is 951. The van der Waals surface area contributed by atoms with Crippen LogP contribution in [0.25, 0.3) is 0 Å². The first-order valence-electron chi connectivity index (χ1n) is 7.82. The monoisotopic (exact) mass is 433 g/mol. The van der Waals surface area contributed by atoms with Gasteiger partial charge in [0.1, 0.15) is 17.6 Å². The first-order valence-corrected chi connectivity index (χ1v) is 8.20. The molecule has 2 rings (SSSR count). The van der Waals surface area contributed by atoms with E-state index < -0.39 is 39.6 Å². The molecule has 29 heavy (non-hydrogen) atoms. The zero-order valence-corrected chi connectivity index (χ0v) is 15.1. The number of nitrogens with one attached hydrogen (secondary N) is 1. The third-order valence-corrected chi connectivity index (χ3v) is 3.57. The summed E-state index contributed by atoms with van der Waals surface area (Å²) >= 11 is 5.53. The highest BCUT2D eigenvalue weighted by atomic mass is 35.5. The van der Waals surface area contributed by atoms with Crippen LogP contribution in [0.1, 0.15) is 15.9 Å². The summed E-state index contributed by atoms with van der Waals surface area (Å²) in [6, 6.07) is 3.89. The van der Waals surface area contributed by atoms with Crippen LogP contribution < -0.4 is 10.1 Å². The maximum atomic E-state index is 13.6. The first kappa shape index (κ1) is 22.1. The van der Waals surface area contributed by atoms with Crippen LogP contribution in [0, 0.1) is 15.9 Å². The van der Waals surface area contributed by atoms with Crippen molar-refractivity contribution in [1.82, 2.24) is 10.3 Å². The number of amides is 1. The molecule has 0 aliphatic heterocycles. The van der Waals surface area contributed by atoms with Gasteiger partial charge in [0, 0.05) is 24.7 Å². The number of benzene rings is 1. The highest BCUT2D eigenvalue weighted by Crippen LogP contribution is 2.32. The Labute approximate surface area is 166 Å². The molecule has 0 spiro atoms. The van der Waals surface area contributed by atoms with E-state index in [9.17, 15) is 32.5 Å². The quantitative estimate of drug-likeness (QED) is 0.232. The van der Waals surface area contributed by atoms with Gasteiger partial charge in [-0.2, -0.15) is 13.2 Å². The summed E-state index contributed by atoms with van der Waals surface area (Å²) in [6.07, 6.45) is -1.84. The summed E-state index contributed by atoms with van der Waals surface area (Å²) in [5.74, 6) is -2.13. The highest BCUT2D eigenvalue weighted by Gasteiger charge is 2.31. The van der Waals surface area contributed by atoms with Crippen LogP contribution in [0.4, 0.5) is 23.2 Å². The molecule has 0 aliphatic rings. The van der Waals surface area contributed by atoms with Crippen LogP contribution in [0.3, 0.4) is 0 Å². The summed E-state index contributed by atoms with van der Waals surface area (Å²) in [6.45, 7) is -0.257. The maximum Gasteiger partial charge on any atom is 0.416 e. The maximum absolute atomic E-state index is 13.6. The van der Waals surface area contributed by atoms with E-state index in [2.05, 4.69) is 10.3 Å². The number of ether oxygens (including phenoxy) is 1. The lowest BCUT2D eigenvalue weighted by atomic mass is 10.1. The predicted octanol–water partition coefficient (Wildman–Crippen LogP) is 4.17. The topological polar surface area (TPSA) is 94.4 Å². The van der Waals surface area contributed by atoms with Crippen molar-refractivity contribution in [2.75, 3.05) is 13.2 Å². The predicted molar refractivity (Wildman–Crippen MR) is 94.3 cm³/mol. The molecular weight excluding hydrogens is 422 g/mol. The summed E-state index contributed by atoms with van der Waals surface area (Å²) in [7, 11) is 0. The smallest absolute Gasteiger partial charge is 0.416 e. The second-order valence-electron chi connectivity index (χ2n) is 5.43. The molecule has 0 saturated heterocycles. The first-order chi connectivity index (χ1) is 13.6. The third kappa shape index (κ3) is 6.42. The molecule has 0 bridgehead atoms. The molecular formula is C17H12ClF4N3O4. The molecule has 7 nitrogen and oxygen atoms in total. The van der Waals surface area contributed by atoms with Crippen molar-refractivity contribution in [1.29, 1.82) is 0 Å². The SMILES string of the molecule is O=C(NCC=CCOc1cc(C(F)(F)F)cc(Cl)n1)c1cc([N+](=O)[O-])ccc1F. The van der Waals surface area contributed by atoms with E-state index >= 15 is 0 Å². The molecule has 1 aromatic heterocycles. The van der Waals surface area contributed by atoms with E-state index in [1.165, 1.54) is 12.2 Å². The average Bonchev–Trinajstić information content (AvgIpc) is 2.63. The number of rotatable bonds is 7. The molecule has 0 saturated carbocycles. The van der Waals surface area contributed by atoms with Gasteiger partial charge >= 0.3 is 6.18 Å². The van der Waals surface area contributed by atoms with Gasteiger partial charge < -0.3 is 10.1 Å². The number of alkyl halides is 3. The van der Waals surface area contributed by atoms with Crippen LogP contribution in [-0.2, 0) is 6.18 Å². The van der Waals surface area contributed by atoms with Gasteiger partial charge in [0.2, 0.25) is 5.88 Å². The number of pyridine rings is 1. The Morgan fingerprint density at radius 1 is 1.28 bits per heavy atom. The van der Waals surface area contributed by atoms with Crippen LogP contribution in [0.15, 0.2) is 42.5 Å². The summed E-state index contributed by atoms with van der Waals surface area (Å²) in [5, 5.41) is 12.6. The third-order valence-electron chi connectivity index (χ3n) is 3.38. The minimum Gasteiger partial charge on any atom is -0.473 e. The van der Waals surface area contributed by atoms with Gasteiger partial charge in [0.15, 0.2) is 0 Å². The molecule has 12 heteroatoms. The van der Waals surface area contributed by atoms with Crippen LogP contribution in [-0.4, -0.2) is 29.0 Å². The standard InChI is InChI=1S/C17H12ClF4N3O4/c18-14-7-10(17(20,21)22)8-15(24-14)29-6-2-1-5-23-16(26)12-9-11(25(27)28)3-4-13(12)19/h1-4,7-9H,5-6H2,(H,23,26). The molecule has 0 aliphatic carbocycles. The number of carbonyl (C=O) groups is 1. The summed E-state index contributed by atoms with van der Waals surface area (Å²) < 4.78 is 56.7. The molecule has 1 amide bonds. The zero-order valence-electron chi connectivity index (χ0n) is 14.4. The molecule has 0 atom stereocenters. The van der Waals surface area contributed by atoms with E-state index in [-0.39, 0.29) is 24.2 Å². The number of halogens is 5. The number of hydrogen-bond donors (Lipinski definition) is 1. The lowest BCUT2D eigenvalue weighted by Crippen LogP contribution is -2.24. The Hall–Kier alpha value is -3.21. The number of aromatic nitrogens is 1. The zero-order chi connectivity index (χ0) is 21.6.